The number of ether oxygens (including phenoxy) is 1. The minimum Gasteiger partial charge on any atom is -0.481 e. The average Bonchev–Trinajstić information content (AvgIpc) is 2.34. The summed E-state index contributed by atoms with van der Waals surface area (Å²) in [5, 5.41) is 19.8. The molecule has 1 heterocycles. The van der Waals surface area contributed by atoms with Crippen molar-refractivity contribution in [3.05, 3.63) is 0 Å². The van der Waals surface area contributed by atoms with Gasteiger partial charge in [-0.3, -0.25) is 4.79 Å². The highest BCUT2D eigenvalue weighted by Gasteiger charge is 2.28. The first kappa shape index (κ1) is 15.2. The lowest BCUT2D eigenvalue weighted by atomic mass is 10.1. The van der Waals surface area contributed by atoms with E-state index in [1.54, 1.807) is 6.92 Å². The van der Waals surface area contributed by atoms with Gasteiger partial charge in [-0.05, 0) is 13.3 Å². The molecule has 0 bridgehead atoms. The van der Waals surface area contributed by atoms with Gasteiger partial charge in [0.15, 0.2) is 0 Å². The standard InChI is InChI=1S/C11H18N2O6/c1-7-6-19-5-4-13(7)11(18)12-8(10(16)17)2-3-9(14)15/h7-8H,2-6H2,1H3,(H,12,18)(H,14,15)(H,16,17)/t7?,8-/m0/s1. The SMILES string of the molecule is CC1COCCN1C(=O)N[C@@H](CCC(=O)O)C(=O)O. The summed E-state index contributed by atoms with van der Waals surface area (Å²) in [7, 11) is 0. The van der Waals surface area contributed by atoms with Crippen molar-refractivity contribution in [1.82, 2.24) is 10.2 Å². The Morgan fingerprint density at radius 1 is 1.42 bits per heavy atom. The number of carbonyl (C=O) groups is 3. The van der Waals surface area contributed by atoms with E-state index in [1.807, 2.05) is 0 Å². The van der Waals surface area contributed by atoms with Crippen molar-refractivity contribution in [1.29, 1.82) is 0 Å². The third-order valence-corrected chi connectivity index (χ3v) is 2.87. The Balaban J connectivity index is 2.55. The number of rotatable bonds is 5. The summed E-state index contributed by atoms with van der Waals surface area (Å²) in [5.41, 5.74) is 0. The first-order chi connectivity index (χ1) is 8.91. The van der Waals surface area contributed by atoms with Gasteiger partial charge in [-0.15, -0.1) is 0 Å². The number of hydrogen-bond donors (Lipinski definition) is 3. The minimum absolute atomic E-state index is 0.136. The van der Waals surface area contributed by atoms with Crippen LogP contribution in [0.5, 0.6) is 0 Å². The molecule has 2 amide bonds. The zero-order chi connectivity index (χ0) is 14.4. The summed E-state index contributed by atoms with van der Waals surface area (Å²) in [5.74, 6) is -2.34. The first-order valence-corrected chi connectivity index (χ1v) is 6.01. The molecule has 8 nitrogen and oxygen atoms in total. The highest BCUT2D eigenvalue weighted by atomic mass is 16.5. The van der Waals surface area contributed by atoms with E-state index in [-0.39, 0.29) is 18.9 Å². The second kappa shape index (κ2) is 6.93. The Labute approximate surface area is 110 Å². The molecule has 3 N–H and O–H groups in total. The number of urea groups is 1. The summed E-state index contributed by atoms with van der Waals surface area (Å²) in [6, 6.07) is -1.84. The molecular weight excluding hydrogens is 256 g/mol. The second-order valence-electron chi connectivity index (χ2n) is 4.39. The Kier molecular flexibility index (Phi) is 5.56. The van der Waals surface area contributed by atoms with Crippen molar-refractivity contribution in [2.75, 3.05) is 19.8 Å². The summed E-state index contributed by atoms with van der Waals surface area (Å²) in [6.07, 6.45) is -0.453. The largest absolute Gasteiger partial charge is 0.481 e. The van der Waals surface area contributed by atoms with Crippen molar-refractivity contribution in [2.24, 2.45) is 0 Å². The van der Waals surface area contributed by atoms with Gasteiger partial charge in [0, 0.05) is 13.0 Å². The van der Waals surface area contributed by atoms with Crippen LogP contribution in [0.4, 0.5) is 4.79 Å². The van der Waals surface area contributed by atoms with Gasteiger partial charge in [-0.25, -0.2) is 9.59 Å². The Morgan fingerprint density at radius 3 is 2.63 bits per heavy atom. The lowest BCUT2D eigenvalue weighted by Gasteiger charge is -2.34. The molecule has 108 valence electrons. The zero-order valence-electron chi connectivity index (χ0n) is 10.7. The molecule has 0 saturated carbocycles. The number of aliphatic carboxylic acids is 2. The van der Waals surface area contributed by atoms with Crippen LogP contribution in [0.15, 0.2) is 0 Å². The number of carboxylic acids is 2. The molecule has 8 heteroatoms. The monoisotopic (exact) mass is 274 g/mol. The smallest absolute Gasteiger partial charge is 0.326 e. The van der Waals surface area contributed by atoms with Crippen LogP contribution in [0, 0.1) is 0 Å². The molecule has 0 spiro atoms. The van der Waals surface area contributed by atoms with Crippen LogP contribution in [-0.4, -0.2) is 64.9 Å². The number of nitrogens with one attached hydrogen (secondary N) is 1. The first-order valence-electron chi connectivity index (χ1n) is 6.01. The van der Waals surface area contributed by atoms with Crippen molar-refractivity contribution in [3.63, 3.8) is 0 Å². The number of nitrogens with zero attached hydrogens (tertiary/aromatic N) is 1. The molecule has 1 fully saturated rings. The van der Waals surface area contributed by atoms with E-state index in [0.29, 0.717) is 19.8 Å². The van der Waals surface area contributed by atoms with Gasteiger partial charge in [0.2, 0.25) is 0 Å². The van der Waals surface area contributed by atoms with Crippen LogP contribution >= 0.6 is 0 Å². The van der Waals surface area contributed by atoms with Crippen molar-refractivity contribution < 1.29 is 29.3 Å². The van der Waals surface area contributed by atoms with E-state index in [4.69, 9.17) is 14.9 Å². The third kappa shape index (κ3) is 4.74. The molecule has 2 atom stereocenters. The van der Waals surface area contributed by atoms with Gasteiger partial charge in [-0.2, -0.15) is 0 Å². The lowest BCUT2D eigenvalue weighted by Crippen LogP contribution is -2.54. The van der Waals surface area contributed by atoms with Gasteiger partial charge in [0.1, 0.15) is 6.04 Å². The third-order valence-electron chi connectivity index (χ3n) is 2.87. The predicted molar refractivity (Wildman–Crippen MR) is 63.8 cm³/mol. The van der Waals surface area contributed by atoms with Crippen molar-refractivity contribution in [3.8, 4) is 0 Å². The number of carbonyl (C=O) groups excluding carboxylic acids is 1. The fourth-order valence-corrected chi connectivity index (χ4v) is 1.79. The summed E-state index contributed by atoms with van der Waals surface area (Å²) >= 11 is 0. The molecule has 1 aliphatic heterocycles. The molecule has 0 aromatic carbocycles. The van der Waals surface area contributed by atoms with Crippen LogP contribution in [0.1, 0.15) is 19.8 Å². The van der Waals surface area contributed by atoms with Gasteiger partial charge in [0.05, 0.1) is 19.3 Å². The number of hydrogen-bond acceptors (Lipinski definition) is 4. The van der Waals surface area contributed by atoms with Gasteiger partial charge < -0.3 is 25.2 Å². The van der Waals surface area contributed by atoms with Crippen LogP contribution in [0.25, 0.3) is 0 Å². The van der Waals surface area contributed by atoms with E-state index < -0.39 is 24.0 Å². The molecule has 19 heavy (non-hydrogen) atoms. The second-order valence-corrected chi connectivity index (χ2v) is 4.39. The predicted octanol–water partition coefficient (Wildman–Crippen LogP) is -0.265. The highest BCUT2D eigenvalue weighted by Crippen LogP contribution is 2.07. The summed E-state index contributed by atoms with van der Waals surface area (Å²) < 4.78 is 5.18. The number of morpholine rings is 1. The highest BCUT2D eigenvalue weighted by molar-refractivity contribution is 5.83. The van der Waals surface area contributed by atoms with Gasteiger partial charge >= 0.3 is 18.0 Å². The summed E-state index contributed by atoms with van der Waals surface area (Å²) in [4.78, 5) is 34.8. The number of amides is 2. The Morgan fingerprint density at radius 2 is 2.11 bits per heavy atom. The molecule has 0 aliphatic carbocycles. The quantitative estimate of drug-likeness (QED) is 0.635. The Hall–Kier alpha value is -1.83. The van der Waals surface area contributed by atoms with E-state index in [2.05, 4.69) is 5.32 Å². The molecule has 1 unspecified atom stereocenters. The number of carboxylic acid groups (broad SMARTS) is 2. The van der Waals surface area contributed by atoms with Crippen LogP contribution in [-0.2, 0) is 14.3 Å². The molecule has 0 radical (unpaired) electrons. The maximum atomic E-state index is 11.9. The van der Waals surface area contributed by atoms with E-state index >= 15 is 0 Å². The fourth-order valence-electron chi connectivity index (χ4n) is 1.79. The molecule has 0 aromatic rings. The fraction of sp³-hybridized carbons (Fsp3) is 0.727. The van der Waals surface area contributed by atoms with Gasteiger partial charge in [-0.1, -0.05) is 0 Å². The molecule has 1 aliphatic rings. The topological polar surface area (TPSA) is 116 Å². The van der Waals surface area contributed by atoms with E-state index in [9.17, 15) is 14.4 Å². The average molecular weight is 274 g/mol. The molecular formula is C11H18N2O6. The maximum absolute atomic E-state index is 11.9. The zero-order valence-corrected chi connectivity index (χ0v) is 10.7. The molecule has 0 aromatic heterocycles. The van der Waals surface area contributed by atoms with Crippen molar-refractivity contribution in [2.45, 2.75) is 31.8 Å². The minimum atomic E-state index is -1.24. The van der Waals surface area contributed by atoms with Gasteiger partial charge in [0.25, 0.3) is 0 Å². The Bertz CT molecular complexity index is 359. The van der Waals surface area contributed by atoms with Crippen LogP contribution < -0.4 is 5.32 Å². The summed E-state index contributed by atoms with van der Waals surface area (Å²) in [6.45, 7) is 2.99. The molecule has 1 saturated heterocycles. The van der Waals surface area contributed by atoms with Crippen LogP contribution in [0.2, 0.25) is 0 Å². The van der Waals surface area contributed by atoms with Crippen LogP contribution in [0.3, 0.4) is 0 Å². The van der Waals surface area contributed by atoms with E-state index in [1.165, 1.54) is 4.90 Å². The molecule has 1 rings (SSSR count). The van der Waals surface area contributed by atoms with Crippen molar-refractivity contribution >= 4 is 18.0 Å². The van der Waals surface area contributed by atoms with E-state index in [0.717, 1.165) is 0 Å². The lowest BCUT2D eigenvalue weighted by molar-refractivity contribution is -0.140. The maximum Gasteiger partial charge on any atom is 0.326 e. The normalized spacial score (nSPS) is 20.7.